The predicted octanol–water partition coefficient (Wildman–Crippen LogP) is 4.15. The van der Waals surface area contributed by atoms with Gasteiger partial charge in [-0.2, -0.15) is 21.6 Å². The van der Waals surface area contributed by atoms with Crippen LogP contribution in [0.15, 0.2) is 48.0 Å². The number of halogens is 3. The smallest absolute Gasteiger partial charge is 0.389 e. The van der Waals surface area contributed by atoms with Crippen molar-refractivity contribution in [3.8, 4) is 11.5 Å². The molecule has 1 unspecified atom stereocenters. The van der Waals surface area contributed by atoms with E-state index >= 15 is 0 Å². The molecule has 0 spiro atoms. The van der Waals surface area contributed by atoms with Crippen molar-refractivity contribution < 1.29 is 40.4 Å². The molecule has 0 bridgehead atoms. The van der Waals surface area contributed by atoms with Crippen LogP contribution in [0.3, 0.4) is 0 Å². The molecule has 0 aliphatic heterocycles. The van der Waals surface area contributed by atoms with E-state index in [1.54, 1.807) is 24.3 Å². The summed E-state index contributed by atoms with van der Waals surface area (Å²) in [6.45, 7) is 0. The molecular weight excluding hydrogens is 437 g/mol. The van der Waals surface area contributed by atoms with Gasteiger partial charge in [0.1, 0.15) is 11.5 Å². The molecule has 0 aromatic heterocycles. The van der Waals surface area contributed by atoms with E-state index in [4.69, 9.17) is 8.92 Å². The average Bonchev–Trinajstić information content (AvgIpc) is 3.07. The number of hydrogen-bond donors (Lipinski definition) is 1. The van der Waals surface area contributed by atoms with Crippen molar-refractivity contribution in [2.75, 3.05) is 12.9 Å². The predicted molar refractivity (Wildman–Crippen MR) is 106 cm³/mol. The Hall–Kier alpha value is -3.01. The fourth-order valence-corrected chi connectivity index (χ4v) is 4.42. The van der Waals surface area contributed by atoms with E-state index in [1.807, 2.05) is 0 Å². The number of phenolic OH excluding ortho intramolecular Hbond substituents is 1. The lowest BCUT2D eigenvalue weighted by Gasteiger charge is -2.18. The summed E-state index contributed by atoms with van der Waals surface area (Å²) in [7, 11) is -3.04. The van der Waals surface area contributed by atoms with Crippen molar-refractivity contribution in [1.82, 2.24) is 0 Å². The van der Waals surface area contributed by atoms with Gasteiger partial charge in [0, 0.05) is 23.5 Å². The molecule has 166 valence electrons. The average molecular weight is 456 g/mol. The third-order valence-corrected chi connectivity index (χ3v) is 5.95. The van der Waals surface area contributed by atoms with Crippen LogP contribution >= 0.6 is 0 Å². The molecule has 2 aromatic rings. The first-order valence-corrected chi connectivity index (χ1v) is 10.8. The van der Waals surface area contributed by atoms with Gasteiger partial charge < -0.3 is 14.0 Å². The zero-order chi connectivity index (χ0) is 22.8. The lowest BCUT2D eigenvalue weighted by atomic mass is 9.87. The van der Waals surface area contributed by atoms with Gasteiger partial charge in [0.15, 0.2) is 0 Å². The maximum absolute atomic E-state index is 12.3. The molecule has 1 N–H and O–H groups in total. The van der Waals surface area contributed by atoms with Crippen LogP contribution in [0.1, 0.15) is 35.4 Å². The van der Waals surface area contributed by atoms with Crippen LogP contribution in [0.4, 0.5) is 13.2 Å². The van der Waals surface area contributed by atoms with Gasteiger partial charge in [-0.1, -0.05) is 24.3 Å². The summed E-state index contributed by atoms with van der Waals surface area (Å²) in [5.74, 6) is -2.31. The first-order valence-electron chi connectivity index (χ1n) is 9.21. The van der Waals surface area contributed by atoms with E-state index in [0.717, 1.165) is 0 Å². The minimum Gasteiger partial charge on any atom is -0.508 e. The monoisotopic (exact) mass is 456 g/mol. The van der Waals surface area contributed by atoms with Crippen LogP contribution in [0, 0.1) is 0 Å². The number of esters is 1. The number of carbonyl (C=O) groups excluding carboxylic acids is 1. The molecule has 0 fully saturated rings. The van der Waals surface area contributed by atoms with Crippen molar-refractivity contribution in [1.29, 1.82) is 0 Å². The highest BCUT2D eigenvalue weighted by atomic mass is 32.2. The SMILES string of the molecule is COC(=O)C1=Cc2cccc(O)c2C1c1cccc(OS(=O)(=O)CCCC(F)(F)F)c1. The molecule has 1 aliphatic rings. The zero-order valence-electron chi connectivity index (χ0n) is 16.3. The molecule has 0 radical (unpaired) electrons. The minimum atomic E-state index is -4.45. The lowest BCUT2D eigenvalue weighted by Crippen LogP contribution is -2.17. The molecule has 0 saturated heterocycles. The van der Waals surface area contributed by atoms with Crippen molar-refractivity contribution in [2.24, 2.45) is 0 Å². The molecule has 31 heavy (non-hydrogen) atoms. The second-order valence-electron chi connectivity index (χ2n) is 6.94. The number of aromatic hydroxyl groups is 1. The second kappa shape index (κ2) is 8.62. The van der Waals surface area contributed by atoms with Gasteiger partial charge in [-0.05, 0) is 41.8 Å². The Balaban J connectivity index is 1.89. The van der Waals surface area contributed by atoms with Gasteiger partial charge in [-0.25, -0.2) is 4.79 Å². The Morgan fingerprint density at radius 2 is 1.87 bits per heavy atom. The van der Waals surface area contributed by atoms with Crippen LogP contribution in [0.5, 0.6) is 11.5 Å². The number of benzene rings is 2. The minimum absolute atomic E-state index is 0.0521. The Morgan fingerprint density at radius 3 is 2.55 bits per heavy atom. The van der Waals surface area contributed by atoms with Gasteiger partial charge >= 0.3 is 22.3 Å². The van der Waals surface area contributed by atoms with Crippen LogP contribution in [-0.4, -0.2) is 38.5 Å². The largest absolute Gasteiger partial charge is 0.508 e. The van der Waals surface area contributed by atoms with Crippen LogP contribution < -0.4 is 4.18 Å². The van der Waals surface area contributed by atoms with Crippen LogP contribution in [0.25, 0.3) is 6.08 Å². The fraction of sp³-hybridized carbons (Fsp3) is 0.286. The number of fused-ring (bicyclic) bond motifs is 1. The van der Waals surface area contributed by atoms with Crippen LogP contribution in [0.2, 0.25) is 0 Å². The molecule has 6 nitrogen and oxygen atoms in total. The van der Waals surface area contributed by atoms with Crippen molar-refractivity contribution in [2.45, 2.75) is 24.9 Å². The second-order valence-corrected chi connectivity index (χ2v) is 8.63. The van der Waals surface area contributed by atoms with E-state index < -0.39 is 46.8 Å². The van der Waals surface area contributed by atoms with E-state index in [1.165, 1.54) is 31.4 Å². The van der Waals surface area contributed by atoms with E-state index in [-0.39, 0.29) is 17.1 Å². The molecule has 0 amide bonds. The summed E-state index contributed by atoms with van der Waals surface area (Å²) in [5.41, 5.74) is 1.74. The third kappa shape index (κ3) is 5.38. The molecule has 1 aliphatic carbocycles. The number of hydrogen-bond acceptors (Lipinski definition) is 6. The number of carbonyl (C=O) groups is 1. The number of phenols is 1. The first-order chi connectivity index (χ1) is 14.5. The van der Waals surface area contributed by atoms with Gasteiger partial charge in [0.25, 0.3) is 0 Å². The molecule has 0 heterocycles. The summed E-state index contributed by atoms with van der Waals surface area (Å²) in [6.07, 6.45) is -4.73. The topological polar surface area (TPSA) is 89.9 Å². The Labute approximate surface area is 177 Å². The van der Waals surface area contributed by atoms with Crippen LogP contribution in [-0.2, 0) is 19.6 Å². The summed E-state index contributed by atoms with van der Waals surface area (Å²) >= 11 is 0. The molecule has 10 heteroatoms. The highest BCUT2D eigenvalue weighted by molar-refractivity contribution is 7.87. The van der Waals surface area contributed by atoms with Gasteiger partial charge in [-0.15, -0.1) is 0 Å². The van der Waals surface area contributed by atoms with E-state index in [2.05, 4.69) is 0 Å². The Kier molecular flexibility index (Phi) is 6.30. The maximum Gasteiger partial charge on any atom is 0.389 e. The normalized spacial score (nSPS) is 15.9. The number of ether oxygens (including phenoxy) is 1. The standard InChI is InChI=1S/C21H19F3O6S/c1-29-20(26)16-12-14-6-3-8-17(25)19(14)18(16)13-5-2-7-15(11-13)30-31(27,28)10-4-9-21(22,23)24/h2-3,5-8,11-12,18,25H,4,9-10H2,1H3. The molecular formula is C21H19F3O6S. The fourth-order valence-electron chi connectivity index (χ4n) is 3.44. The van der Waals surface area contributed by atoms with Crippen molar-refractivity contribution in [3.05, 3.63) is 64.7 Å². The highest BCUT2D eigenvalue weighted by Gasteiger charge is 2.34. The number of alkyl halides is 3. The Bertz CT molecular complexity index is 1120. The van der Waals surface area contributed by atoms with Gasteiger partial charge in [0.05, 0.1) is 12.9 Å². The maximum atomic E-state index is 12.3. The summed E-state index contributed by atoms with van der Waals surface area (Å²) in [4.78, 5) is 12.3. The summed E-state index contributed by atoms with van der Waals surface area (Å²) in [6, 6.07) is 10.6. The van der Waals surface area contributed by atoms with Gasteiger partial charge in [-0.3, -0.25) is 0 Å². The first kappa shape index (κ1) is 22.7. The lowest BCUT2D eigenvalue weighted by molar-refractivity contribution is -0.136. The Morgan fingerprint density at radius 1 is 1.16 bits per heavy atom. The van der Waals surface area contributed by atoms with Crippen molar-refractivity contribution >= 4 is 22.2 Å². The molecule has 0 saturated carbocycles. The quantitative estimate of drug-likeness (QED) is 0.498. The van der Waals surface area contributed by atoms with Gasteiger partial charge in [0.2, 0.25) is 0 Å². The molecule has 2 aromatic carbocycles. The number of rotatable bonds is 7. The van der Waals surface area contributed by atoms with E-state index in [9.17, 15) is 31.5 Å². The molecule has 3 rings (SSSR count). The molecule has 1 atom stereocenters. The van der Waals surface area contributed by atoms with Crippen molar-refractivity contribution in [3.63, 3.8) is 0 Å². The van der Waals surface area contributed by atoms with E-state index in [0.29, 0.717) is 16.7 Å². The number of methoxy groups -OCH3 is 1. The summed E-state index contributed by atoms with van der Waals surface area (Å²) < 4.78 is 70.8. The zero-order valence-corrected chi connectivity index (χ0v) is 17.2. The third-order valence-electron chi connectivity index (χ3n) is 4.72. The highest BCUT2D eigenvalue weighted by Crippen LogP contribution is 2.46. The summed E-state index contributed by atoms with van der Waals surface area (Å²) in [5, 5.41) is 10.3.